The Bertz CT molecular complexity index is 502. The number of ether oxygens (including phenoxy) is 1. The van der Waals surface area contributed by atoms with Crippen molar-refractivity contribution in [2.75, 3.05) is 19.7 Å². The number of guanidine groups is 2. The van der Waals surface area contributed by atoms with Crippen LogP contribution in [-0.4, -0.2) is 43.6 Å². The average Bonchev–Trinajstić information content (AvgIpc) is 2.54. The molecule has 0 atom stereocenters. The summed E-state index contributed by atoms with van der Waals surface area (Å²) in [6, 6.07) is -0.583. The molecule has 0 heterocycles. The van der Waals surface area contributed by atoms with Crippen LogP contribution >= 0.6 is 0 Å². The van der Waals surface area contributed by atoms with Crippen molar-refractivity contribution in [3.8, 4) is 0 Å². The van der Waals surface area contributed by atoms with E-state index in [1.165, 1.54) is 26.2 Å². The van der Waals surface area contributed by atoms with E-state index in [0.717, 1.165) is 12.8 Å². The van der Waals surface area contributed by atoms with Gasteiger partial charge in [-0.2, -0.15) is 4.99 Å². The Labute approximate surface area is 149 Å². The molecule has 0 bridgehead atoms. The number of urea groups is 1. The van der Waals surface area contributed by atoms with Gasteiger partial charge in [0.05, 0.1) is 6.54 Å². The van der Waals surface area contributed by atoms with Crippen molar-refractivity contribution in [1.82, 2.24) is 10.6 Å². The Balaban J connectivity index is 3.97. The summed E-state index contributed by atoms with van der Waals surface area (Å²) in [6.45, 7) is 7.87. The van der Waals surface area contributed by atoms with Gasteiger partial charge in [-0.1, -0.05) is 39.2 Å². The molecule has 9 nitrogen and oxygen atoms in total. The molecule has 0 aliphatic carbocycles. The Morgan fingerprint density at radius 1 is 1.16 bits per heavy atom. The summed E-state index contributed by atoms with van der Waals surface area (Å²) < 4.78 is 4.82. The highest BCUT2D eigenvalue weighted by Gasteiger charge is 2.05. The zero-order chi connectivity index (χ0) is 19.1. The predicted octanol–water partition coefficient (Wildman–Crippen LogP) is 1.00. The molecule has 0 unspecified atom stereocenters. The Hall–Kier alpha value is -2.58. The highest BCUT2D eigenvalue weighted by atomic mass is 16.5. The van der Waals surface area contributed by atoms with Gasteiger partial charge in [-0.3, -0.25) is 10.3 Å². The molecule has 0 radical (unpaired) electrons. The lowest BCUT2D eigenvalue weighted by molar-refractivity contribution is -0.138. The van der Waals surface area contributed by atoms with E-state index in [1.807, 2.05) is 0 Å². The van der Waals surface area contributed by atoms with Crippen molar-refractivity contribution in [3.63, 3.8) is 0 Å². The molecule has 25 heavy (non-hydrogen) atoms. The maximum absolute atomic E-state index is 11.6. The first kappa shape index (κ1) is 22.4. The highest BCUT2D eigenvalue weighted by Crippen LogP contribution is 2.02. The fourth-order valence-corrected chi connectivity index (χ4v) is 1.69. The number of nitrogens with zero attached hydrogens (tertiary/aromatic N) is 2. The van der Waals surface area contributed by atoms with Crippen molar-refractivity contribution in [2.45, 2.75) is 46.0 Å². The van der Waals surface area contributed by atoms with Crippen LogP contribution in [0.2, 0.25) is 0 Å². The number of nitrogens with one attached hydrogen (secondary N) is 2. The first-order valence-electron chi connectivity index (χ1n) is 8.38. The van der Waals surface area contributed by atoms with Crippen molar-refractivity contribution < 1.29 is 14.3 Å². The number of unbranched alkanes of at least 4 members (excludes halogenated alkanes) is 4. The van der Waals surface area contributed by atoms with Gasteiger partial charge in [-0.25, -0.2) is 9.59 Å². The smallest absolute Gasteiger partial charge is 0.333 e. The zero-order valence-electron chi connectivity index (χ0n) is 15.1. The van der Waals surface area contributed by atoms with E-state index in [2.05, 4.69) is 34.1 Å². The summed E-state index contributed by atoms with van der Waals surface area (Å²) in [4.78, 5) is 30.5. The molecule has 0 aliphatic rings. The number of carbonyl (C=O) groups is 2. The predicted molar refractivity (Wildman–Crippen MR) is 99.2 cm³/mol. The number of carbonyl (C=O) groups excluding carboxylic acids is 2. The molecule has 0 aromatic rings. The van der Waals surface area contributed by atoms with E-state index in [1.54, 1.807) is 0 Å². The largest absolute Gasteiger partial charge is 0.460 e. The molecular weight excluding hydrogens is 324 g/mol. The first-order valence-corrected chi connectivity index (χ1v) is 8.38. The van der Waals surface area contributed by atoms with E-state index >= 15 is 0 Å². The molecule has 0 spiro atoms. The van der Waals surface area contributed by atoms with Crippen molar-refractivity contribution >= 4 is 23.9 Å². The molecule has 0 saturated carbocycles. The topological polar surface area (TPSA) is 144 Å². The second kappa shape index (κ2) is 13.8. The summed E-state index contributed by atoms with van der Waals surface area (Å²) in [6.07, 6.45) is 5.63. The molecular formula is C16H30N6O3. The van der Waals surface area contributed by atoms with Crippen LogP contribution in [0.25, 0.3) is 0 Å². The molecule has 0 saturated heterocycles. The van der Waals surface area contributed by atoms with Crippen LogP contribution in [-0.2, 0) is 9.53 Å². The molecule has 6 N–H and O–H groups in total. The van der Waals surface area contributed by atoms with Gasteiger partial charge in [0, 0.05) is 12.1 Å². The van der Waals surface area contributed by atoms with Crippen LogP contribution in [0, 0.1) is 0 Å². The molecule has 2 amide bonds. The zero-order valence-corrected chi connectivity index (χ0v) is 15.1. The molecule has 0 aliphatic heterocycles. The summed E-state index contributed by atoms with van der Waals surface area (Å²) in [5.74, 6) is -0.658. The van der Waals surface area contributed by atoms with E-state index in [4.69, 9.17) is 16.2 Å². The molecule has 0 fully saturated rings. The van der Waals surface area contributed by atoms with Crippen LogP contribution in [0.1, 0.15) is 46.0 Å². The molecule has 0 rings (SSSR count). The Morgan fingerprint density at radius 3 is 2.48 bits per heavy atom. The van der Waals surface area contributed by atoms with Gasteiger partial charge in [0.2, 0.25) is 11.9 Å². The number of hydrogen-bond acceptors (Lipinski definition) is 4. The molecule has 0 aromatic carbocycles. The monoisotopic (exact) mass is 354 g/mol. The van der Waals surface area contributed by atoms with Gasteiger partial charge in [0.25, 0.3) is 0 Å². The third-order valence-corrected chi connectivity index (χ3v) is 2.98. The highest BCUT2D eigenvalue weighted by molar-refractivity contribution is 6.01. The summed E-state index contributed by atoms with van der Waals surface area (Å²) in [7, 11) is 0. The summed E-state index contributed by atoms with van der Waals surface area (Å²) in [5.41, 5.74) is 11.5. The lowest BCUT2D eigenvalue weighted by atomic mass is 10.2. The normalized spacial score (nSPS) is 11.8. The summed E-state index contributed by atoms with van der Waals surface area (Å²) >= 11 is 0. The number of esters is 1. The summed E-state index contributed by atoms with van der Waals surface area (Å²) in [5, 5.41) is 4.75. The number of nitrogens with two attached hydrogens (primary N) is 2. The number of aliphatic imine (C=N–C) groups is 2. The second-order valence-corrected chi connectivity index (χ2v) is 5.45. The van der Waals surface area contributed by atoms with Crippen molar-refractivity contribution in [1.29, 1.82) is 0 Å². The lowest BCUT2D eigenvalue weighted by Crippen LogP contribution is -2.45. The fraction of sp³-hybridized carbons (Fsp3) is 0.625. The Kier molecular flexibility index (Phi) is 12.4. The molecule has 142 valence electrons. The minimum absolute atomic E-state index is 0.0173. The van der Waals surface area contributed by atoms with E-state index < -0.39 is 12.0 Å². The van der Waals surface area contributed by atoms with Gasteiger partial charge >= 0.3 is 12.0 Å². The van der Waals surface area contributed by atoms with E-state index in [9.17, 15) is 9.59 Å². The van der Waals surface area contributed by atoms with Crippen LogP contribution in [0.5, 0.6) is 0 Å². The van der Waals surface area contributed by atoms with Crippen molar-refractivity contribution in [2.24, 2.45) is 21.5 Å². The average molecular weight is 354 g/mol. The van der Waals surface area contributed by atoms with Crippen LogP contribution in [0.4, 0.5) is 4.79 Å². The molecule has 9 heteroatoms. The Morgan fingerprint density at radius 2 is 1.84 bits per heavy atom. The minimum atomic E-state index is -0.583. The van der Waals surface area contributed by atoms with Gasteiger partial charge in [-0.05, 0) is 13.3 Å². The number of amides is 2. The third-order valence-electron chi connectivity index (χ3n) is 2.98. The standard InChI is InChI=1S/C16H30N6O3/c1-4-5-6-7-8-9-19-14(17)21-15(18)22-16(24)20-10-11-25-13(23)12(2)3/h2,4-11H2,1,3H3,(H6,17,18,19,20,21,22,24). The van der Waals surface area contributed by atoms with Crippen LogP contribution in [0.15, 0.2) is 22.1 Å². The third kappa shape index (κ3) is 13.5. The quantitative estimate of drug-likeness (QED) is 0.152. The maximum atomic E-state index is 11.6. The number of hydrogen-bond donors (Lipinski definition) is 4. The second-order valence-electron chi connectivity index (χ2n) is 5.45. The van der Waals surface area contributed by atoms with Crippen LogP contribution < -0.4 is 22.1 Å². The van der Waals surface area contributed by atoms with Gasteiger partial charge < -0.3 is 21.5 Å². The SMILES string of the molecule is C=C(C)C(=O)OCCNC(=O)NC(N)=NC(N)=NCCCCCCC. The fourth-order valence-electron chi connectivity index (χ4n) is 1.69. The van der Waals surface area contributed by atoms with Crippen molar-refractivity contribution in [3.05, 3.63) is 12.2 Å². The van der Waals surface area contributed by atoms with Gasteiger partial charge in [0.15, 0.2) is 0 Å². The maximum Gasteiger partial charge on any atom is 0.333 e. The number of rotatable bonds is 10. The lowest BCUT2D eigenvalue weighted by Gasteiger charge is -2.07. The minimum Gasteiger partial charge on any atom is -0.460 e. The van der Waals surface area contributed by atoms with E-state index in [-0.39, 0.29) is 25.1 Å². The van der Waals surface area contributed by atoms with Gasteiger partial charge in [0.1, 0.15) is 6.61 Å². The molecule has 0 aromatic heterocycles. The van der Waals surface area contributed by atoms with Gasteiger partial charge in [-0.15, -0.1) is 0 Å². The first-order chi connectivity index (χ1) is 11.9. The van der Waals surface area contributed by atoms with E-state index in [0.29, 0.717) is 12.1 Å². The van der Waals surface area contributed by atoms with Crippen LogP contribution in [0.3, 0.4) is 0 Å².